The second kappa shape index (κ2) is 7.84. The van der Waals surface area contributed by atoms with E-state index in [1.54, 1.807) is 31.4 Å². The predicted octanol–water partition coefficient (Wildman–Crippen LogP) is 3.11. The van der Waals surface area contributed by atoms with Gasteiger partial charge < -0.3 is 9.47 Å². The highest BCUT2D eigenvalue weighted by Crippen LogP contribution is 2.18. The topological polar surface area (TPSA) is 69.9 Å². The van der Waals surface area contributed by atoms with Gasteiger partial charge in [-0.15, -0.1) is 0 Å². The predicted molar refractivity (Wildman–Crippen MR) is 98.3 cm³/mol. The molecule has 3 rings (SSSR count). The van der Waals surface area contributed by atoms with Crippen LogP contribution >= 0.6 is 11.6 Å². The van der Waals surface area contributed by atoms with Gasteiger partial charge in [-0.05, 0) is 24.3 Å². The average molecular weight is 371 g/mol. The maximum Gasteiger partial charge on any atom is 0.331 e. The molecule has 0 unspecified atom stereocenters. The number of esters is 1. The maximum absolute atomic E-state index is 12.1. The molecule has 0 aliphatic rings. The number of fused-ring (bicyclic) bond motifs is 1. The molecule has 0 amide bonds. The van der Waals surface area contributed by atoms with Gasteiger partial charge in [0.2, 0.25) is 0 Å². The van der Waals surface area contributed by atoms with Crippen molar-refractivity contribution >= 4 is 29.3 Å². The highest BCUT2D eigenvalue weighted by atomic mass is 35.5. The van der Waals surface area contributed by atoms with Gasteiger partial charge >= 0.3 is 5.97 Å². The number of pyridine rings is 1. The molecule has 3 aromatic rings. The molecular weight excluding hydrogens is 356 g/mol. The molecular formula is C19H15ClN2O4. The minimum absolute atomic E-state index is 0.108. The van der Waals surface area contributed by atoms with Gasteiger partial charge in [0.1, 0.15) is 18.0 Å². The molecule has 2 heterocycles. The molecule has 0 bridgehead atoms. The SMILES string of the molecule is COc1ccccc1/C=C/C(=O)OCc1cc(=O)n2cc(Cl)ccc2n1. The quantitative estimate of drug-likeness (QED) is 0.510. The van der Waals surface area contributed by atoms with Crippen LogP contribution in [0.2, 0.25) is 5.02 Å². The molecule has 0 radical (unpaired) electrons. The average Bonchev–Trinajstić information content (AvgIpc) is 2.65. The molecule has 0 aliphatic heterocycles. The largest absolute Gasteiger partial charge is 0.496 e. The highest BCUT2D eigenvalue weighted by Gasteiger charge is 2.06. The third-order valence-corrected chi connectivity index (χ3v) is 3.80. The number of para-hydroxylation sites is 1. The molecule has 0 fully saturated rings. The number of hydrogen-bond donors (Lipinski definition) is 0. The summed E-state index contributed by atoms with van der Waals surface area (Å²) in [6.45, 7) is -0.108. The number of nitrogens with zero attached hydrogens (tertiary/aromatic N) is 2. The lowest BCUT2D eigenvalue weighted by molar-refractivity contribution is -0.139. The van der Waals surface area contributed by atoms with Crippen molar-refractivity contribution in [3.63, 3.8) is 0 Å². The molecule has 2 aromatic heterocycles. The summed E-state index contributed by atoms with van der Waals surface area (Å²) >= 11 is 5.87. The number of halogens is 1. The summed E-state index contributed by atoms with van der Waals surface area (Å²) in [5, 5.41) is 0.432. The van der Waals surface area contributed by atoms with E-state index in [-0.39, 0.29) is 12.2 Å². The van der Waals surface area contributed by atoms with E-state index in [1.165, 1.54) is 22.7 Å². The van der Waals surface area contributed by atoms with E-state index in [0.717, 1.165) is 5.56 Å². The number of ether oxygens (including phenoxy) is 2. The number of rotatable bonds is 5. The molecule has 0 N–H and O–H groups in total. The highest BCUT2D eigenvalue weighted by molar-refractivity contribution is 6.30. The van der Waals surface area contributed by atoms with Gasteiger partial charge in [-0.3, -0.25) is 9.20 Å². The lowest BCUT2D eigenvalue weighted by Crippen LogP contribution is -2.16. The first-order valence-corrected chi connectivity index (χ1v) is 8.10. The lowest BCUT2D eigenvalue weighted by atomic mass is 10.2. The summed E-state index contributed by atoms with van der Waals surface area (Å²) in [4.78, 5) is 28.3. The Bertz CT molecular complexity index is 1040. The van der Waals surface area contributed by atoms with Crippen LogP contribution in [0.15, 0.2) is 59.5 Å². The van der Waals surface area contributed by atoms with Crippen LogP contribution in [0.5, 0.6) is 5.75 Å². The molecule has 132 valence electrons. The van der Waals surface area contributed by atoms with E-state index in [1.807, 2.05) is 18.2 Å². The van der Waals surface area contributed by atoms with Crippen LogP contribution in [0.4, 0.5) is 0 Å². The first-order valence-electron chi connectivity index (χ1n) is 7.72. The number of carbonyl (C=O) groups excluding carboxylic acids is 1. The molecule has 26 heavy (non-hydrogen) atoms. The zero-order chi connectivity index (χ0) is 18.5. The van der Waals surface area contributed by atoms with Crippen molar-refractivity contribution in [3.05, 3.63) is 81.4 Å². The molecule has 0 saturated heterocycles. The van der Waals surface area contributed by atoms with Gasteiger partial charge in [0.25, 0.3) is 5.56 Å². The van der Waals surface area contributed by atoms with E-state index in [2.05, 4.69) is 4.98 Å². The molecule has 0 atom stereocenters. The third kappa shape index (κ3) is 4.10. The van der Waals surface area contributed by atoms with Crippen molar-refractivity contribution in [3.8, 4) is 5.75 Å². The van der Waals surface area contributed by atoms with Crippen LogP contribution in [0, 0.1) is 0 Å². The first kappa shape index (κ1) is 17.7. The third-order valence-electron chi connectivity index (χ3n) is 3.58. The number of hydrogen-bond acceptors (Lipinski definition) is 5. The van der Waals surface area contributed by atoms with Gasteiger partial charge in [-0.25, -0.2) is 9.78 Å². The van der Waals surface area contributed by atoms with Crippen molar-refractivity contribution in [2.75, 3.05) is 7.11 Å². The molecule has 0 spiro atoms. The molecule has 0 aliphatic carbocycles. The Hall–Kier alpha value is -3.12. The van der Waals surface area contributed by atoms with Gasteiger partial charge in [0, 0.05) is 23.9 Å². The Balaban J connectivity index is 1.70. The van der Waals surface area contributed by atoms with Crippen LogP contribution in [0.25, 0.3) is 11.7 Å². The van der Waals surface area contributed by atoms with Gasteiger partial charge in [-0.1, -0.05) is 29.8 Å². The van der Waals surface area contributed by atoms with Gasteiger partial charge in [-0.2, -0.15) is 0 Å². The minimum atomic E-state index is -0.547. The van der Waals surface area contributed by atoms with E-state index in [9.17, 15) is 9.59 Å². The van der Waals surface area contributed by atoms with Gasteiger partial charge in [0.15, 0.2) is 0 Å². The van der Waals surface area contributed by atoms with Crippen LogP contribution in [0.3, 0.4) is 0 Å². The van der Waals surface area contributed by atoms with Crippen LogP contribution < -0.4 is 10.3 Å². The Morgan fingerprint density at radius 1 is 1.27 bits per heavy atom. The fraction of sp³-hybridized carbons (Fsp3) is 0.105. The summed E-state index contributed by atoms with van der Waals surface area (Å²) in [6, 6.07) is 11.9. The summed E-state index contributed by atoms with van der Waals surface area (Å²) in [6.07, 6.45) is 4.38. The zero-order valence-corrected chi connectivity index (χ0v) is 14.6. The number of benzene rings is 1. The Labute approximate surface area is 154 Å². The second-order valence-corrected chi connectivity index (χ2v) is 5.78. The standard InChI is InChI=1S/C19H15ClN2O4/c1-25-16-5-3-2-4-13(16)6-9-19(24)26-12-15-10-18(23)22-11-14(20)7-8-17(22)21-15/h2-11H,12H2,1H3/b9-6+. The van der Waals surface area contributed by atoms with Gasteiger partial charge in [0.05, 0.1) is 17.8 Å². The van der Waals surface area contributed by atoms with Crippen molar-refractivity contribution < 1.29 is 14.3 Å². The Morgan fingerprint density at radius 2 is 2.08 bits per heavy atom. The summed E-state index contributed by atoms with van der Waals surface area (Å²) in [5.74, 6) is 0.105. The van der Waals surface area contributed by atoms with E-state index < -0.39 is 5.97 Å². The zero-order valence-electron chi connectivity index (χ0n) is 13.9. The number of methoxy groups -OCH3 is 1. The maximum atomic E-state index is 12.1. The van der Waals surface area contributed by atoms with Crippen LogP contribution in [-0.2, 0) is 16.1 Å². The lowest BCUT2D eigenvalue weighted by Gasteiger charge is -2.05. The van der Waals surface area contributed by atoms with Crippen molar-refractivity contribution in [1.29, 1.82) is 0 Å². The summed E-state index contributed by atoms with van der Waals surface area (Å²) in [5.41, 5.74) is 1.24. The summed E-state index contributed by atoms with van der Waals surface area (Å²) < 4.78 is 11.7. The van der Waals surface area contributed by atoms with Crippen molar-refractivity contribution in [2.45, 2.75) is 6.61 Å². The van der Waals surface area contributed by atoms with Crippen molar-refractivity contribution in [1.82, 2.24) is 9.38 Å². The fourth-order valence-corrected chi connectivity index (χ4v) is 2.52. The smallest absolute Gasteiger partial charge is 0.331 e. The molecule has 1 aromatic carbocycles. The molecule has 6 nitrogen and oxygen atoms in total. The monoisotopic (exact) mass is 370 g/mol. The minimum Gasteiger partial charge on any atom is -0.496 e. The van der Waals surface area contributed by atoms with Crippen molar-refractivity contribution in [2.24, 2.45) is 0 Å². The van der Waals surface area contributed by atoms with E-state index >= 15 is 0 Å². The number of carbonyl (C=O) groups is 1. The summed E-state index contributed by atoms with van der Waals surface area (Å²) in [7, 11) is 1.56. The molecule has 0 saturated carbocycles. The van der Waals surface area contributed by atoms with Crippen LogP contribution in [0.1, 0.15) is 11.3 Å². The Kier molecular flexibility index (Phi) is 5.34. The Morgan fingerprint density at radius 3 is 2.88 bits per heavy atom. The first-order chi connectivity index (χ1) is 12.6. The second-order valence-electron chi connectivity index (χ2n) is 5.34. The normalized spacial score (nSPS) is 11.0. The molecule has 7 heteroatoms. The van der Waals surface area contributed by atoms with E-state index in [4.69, 9.17) is 21.1 Å². The van der Waals surface area contributed by atoms with E-state index in [0.29, 0.717) is 22.1 Å². The number of aromatic nitrogens is 2. The van der Waals surface area contributed by atoms with Crippen LogP contribution in [-0.4, -0.2) is 22.5 Å². The fourth-order valence-electron chi connectivity index (χ4n) is 2.36.